The monoisotopic (exact) mass is 277 g/mol. The molecule has 0 aliphatic heterocycles. The summed E-state index contributed by atoms with van der Waals surface area (Å²) in [4.78, 5) is 0. The van der Waals surface area contributed by atoms with Crippen LogP contribution in [0.3, 0.4) is 0 Å². The van der Waals surface area contributed by atoms with Gasteiger partial charge < -0.3 is 10.4 Å². The van der Waals surface area contributed by atoms with Gasteiger partial charge in [-0.15, -0.1) is 0 Å². The summed E-state index contributed by atoms with van der Waals surface area (Å²) in [5.74, 6) is 0.306. The van der Waals surface area contributed by atoms with E-state index in [-0.39, 0.29) is 6.04 Å². The Bertz CT molecular complexity index is 729. The van der Waals surface area contributed by atoms with E-state index in [2.05, 4.69) is 54.7 Å². The fraction of sp³-hybridized carbons (Fsp3) is 0.158. The van der Waals surface area contributed by atoms with Gasteiger partial charge in [-0.2, -0.15) is 0 Å². The van der Waals surface area contributed by atoms with Crippen LogP contribution < -0.4 is 5.32 Å². The number of aromatic hydroxyl groups is 1. The zero-order valence-electron chi connectivity index (χ0n) is 12.1. The molecule has 2 N–H and O–H groups in total. The van der Waals surface area contributed by atoms with Crippen molar-refractivity contribution in [3.63, 3.8) is 0 Å². The lowest BCUT2D eigenvalue weighted by Crippen LogP contribution is -2.18. The number of hydrogen-bond acceptors (Lipinski definition) is 2. The van der Waals surface area contributed by atoms with Gasteiger partial charge >= 0.3 is 0 Å². The fourth-order valence-electron chi connectivity index (χ4n) is 2.62. The molecule has 0 spiro atoms. The molecule has 2 heteroatoms. The predicted molar refractivity (Wildman–Crippen MR) is 87.3 cm³/mol. The first-order valence-corrected chi connectivity index (χ1v) is 7.23. The molecule has 0 saturated heterocycles. The molecule has 0 saturated carbocycles. The van der Waals surface area contributed by atoms with Crippen LogP contribution in [0, 0.1) is 0 Å². The van der Waals surface area contributed by atoms with Crippen molar-refractivity contribution in [1.82, 2.24) is 5.32 Å². The third kappa shape index (κ3) is 3.06. The third-order valence-electron chi connectivity index (χ3n) is 3.84. The van der Waals surface area contributed by atoms with E-state index in [0.29, 0.717) is 5.75 Å². The van der Waals surface area contributed by atoms with E-state index < -0.39 is 0 Å². The van der Waals surface area contributed by atoms with Gasteiger partial charge in [0.05, 0.1) is 0 Å². The van der Waals surface area contributed by atoms with Gasteiger partial charge in [-0.05, 0) is 41.0 Å². The molecule has 3 rings (SSSR count). The van der Waals surface area contributed by atoms with Crippen molar-refractivity contribution in [2.24, 2.45) is 0 Å². The maximum absolute atomic E-state index is 9.31. The number of benzene rings is 3. The van der Waals surface area contributed by atoms with E-state index in [1.54, 1.807) is 12.1 Å². The predicted octanol–water partition coefficient (Wildman–Crippen LogP) is 4.40. The van der Waals surface area contributed by atoms with Gasteiger partial charge in [-0.25, -0.2) is 0 Å². The minimum atomic E-state index is 0.268. The lowest BCUT2D eigenvalue weighted by atomic mass is 9.99. The minimum Gasteiger partial charge on any atom is -0.508 e. The molecule has 0 radical (unpaired) electrons. The van der Waals surface area contributed by atoms with Crippen LogP contribution >= 0.6 is 0 Å². The number of fused-ring (bicyclic) bond motifs is 1. The van der Waals surface area contributed by atoms with Crippen LogP contribution in [0.4, 0.5) is 0 Å². The topological polar surface area (TPSA) is 32.3 Å². The number of hydrogen-bond donors (Lipinski definition) is 2. The Morgan fingerprint density at radius 3 is 2.43 bits per heavy atom. The second kappa shape index (κ2) is 5.98. The molecule has 0 aliphatic rings. The quantitative estimate of drug-likeness (QED) is 0.741. The van der Waals surface area contributed by atoms with Gasteiger partial charge in [0.1, 0.15) is 5.75 Å². The minimum absolute atomic E-state index is 0.268. The van der Waals surface area contributed by atoms with Crippen LogP contribution in [0.15, 0.2) is 66.7 Å². The summed E-state index contributed by atoms with van der Waals surface area (Å²) >= 11 is 0. The summed E-state index contributed by atoms with van der Waals surface area (Å²) in [5.41, 5.74) is 2.48. The largest absolute Gasteiger partial charge is 0.508 e. The smallest absolute Gasteiger partial charge is 0.115 e. The standard InChI is InChI=1S/C19H19NO/c1-14(20-13-15-9-11-17(21)12-10-15)18-8-4-6-16-5-2-3-7-19(16)18/h2-12,14,20-21H,13H2,1H3/t14-/m1/s1. The molecule has 21 heavy (non-hydrogen) atoms. The zero-order chi connectivity index (χ0) is 14.7. The lowest BCUT2D eigenvalue weighted by molar-refractivity contribution is 0.474. The molecule has 3 aromatic carbocycles. The van der Waals surface area contributed by atoms with Crippen LogP contribution in [-0.2, 0) is 6.54 Å². The van der Waals surface area contributed by atoms with E-state index in [1.807, 2.05) is 12.1 Å². The van der Waals surface area contributed by atoms with E-state index in [0.717, 1.165) is 6.54 Å². The van der Waals surface area contributed by atoms with Crippen molar-refractivity contribution in [3.05, 3.63) is 77.9 Å². The Hall–Kier alpha value is -2.32. The molecule has 0 fully saturated rings. The Morgan fingerprint density at radius 1 is 0.905 bits per heavy atom. The molecule has 2 nitrogen and oxygen atoms in total. The Kier molecular flexibility index (Phi) is 3.89. The summed E-state index contributed by atoms with van der Waals surface area (Å²) in [6.07, 6.45) is 0. The average molecular weight is 277 g/mol. The van der Waals surface area contributed by atoms with E-state index in [1.165, 1.54) is 21.9 Å². The summed E-state index contributed by atoms with van der Waals surface area (Å²) in [6, 6.07) is 22.5. The molecule has 0 aliphatic carbocycles. The van der Waals surface area contributed by atoms with Crippen LogP contribution in [0.1, 0.15) is 24.1 Å². The summed E-state index contributed by atoms with van der Waals surface area (Å²) in [6.45, 7) is 2.97. The summed E-state index contributed by atoms with van der Waals surface area (Å²) < 4.78 is 0. The lowest BCUT2D eigenvalue weighted by Gasteiger charge is -2.16. The summed E-state index contributed by atoms with van der Waals surface area (Å²) in [7, 11) is 0. The Balaban J connectivity index is 1.78. The zero-order valence-corrected chi connectivity index (χ0v) is 12.1. The number of phenolic OH excluding ortho intramolecular Hbond substituents is 1. The number of nitrogens with one attached hydrogen (secondary N) is 1. The molecule has 0 aromatic heterocycles. The third-order valence-corrected chi connectivity index (χ3v) is 3.84. The first-order valence-electron chi connectivity index (χ1n) is 7.23. The highest BCUT2D eigenvalue weighted by Gasteiger charge is 2.08. The number of rotatable bonds is 4. The molecular weight excluding hydrogens is 258 g/mol. The molecule has 0 bridgehead atoms. The van der Waals surface area contributed by atoms with Crippen molar-refractivity contribution < 1.29 is 5.11 Å². The fourth-order valence-corrected chi connectivity index (χ4v) is 2.62. The van der Waals surface area contributed by atoms with Crippen molar-refractivity contribution in [1.29, 1.82) is 0 Å². The maximum Gasteiger partial charge on any atom is 0.115 e. The van der Waals surface area contributed by atoms with Gasteiger partial charge in [-0.3, -0.25) is 0 Å². The van der Waals surface area contributed by atoms with Gasteiger partial charge in [0, 0.05) is 12.6 Å². The maximum atomic E-state index is 9.31. The second-order valence-electron chi connectivity index (χ2n) is 5.34. The SMILES string of the molecule is C[C@@H](NCc1ccc(O)cc1)c1cccc2ccccc12. The van der Waals surface area contributed by atoms with Gasteiger partial charge in [0.15, 0.2) is 0 Å². The highest BCUT2D eigenvalue weighted by molar-refractivity contribution is 5.86. The van der Waals surface area contributed by atoms with Crippen LogP contribution in [0.2, 0.25) is 0 Å². The van der Waals surface area contributed by atoms with Crippen LogP contribution in [0.25, 0.3) is 10.8 Å². The highest BCUT2D eigenvalue weighted by Crippen LogP contribution is 2.24. The number of phenols is 1. The van der Waals surface area contributed by atoms with E-state index in [9.17, 15) is 5.11 Å². The Labute approximate surface area is 125 Å². The molecule has 106 valence electrons. The molecule has 0 heterocycles. The molecule has 0 unspecified atom stereocenters. The van der Waals surface area contributed by atoms with Crippen LogP contribution in [0.5, 0.6) is 5.75 Å². The second-order valence-corrected chi connectivity index (χ2v) is 5.34. The van der Waals surface area contributed by atoms with Crippen molar-refractivity contribution in [3.8, 4) is 5.75 Å². The average Bonchev–Trinajstić information content (AvgIpc) is 2.53. The molecular formula is C19H19NO. The molecule has 0 amide bonds. The van der Waals surface area contributed by atoms with Crippen molar-refractivity contribution in [2.45, 2.75) is 19.5 Å². The Morgan fingerprint density at radius 2 is 1.62 bits per heavy atom. The molecule has 1 atom stereocenters. The first kappa shape index (κ1) is 13.7. The van der Waals surface area contributed by atoms with Gasteiger partial charge in [0.25, 0.3) is 0 Å². The van der Waals surface area contributed by atoms with E-state index >= 15 is 0 Å². The van der Waals surface area contributed by atoms with Crippen molar-refractivity contribution >= 4 is 10.8 Å². The normalized spacial score (nSPS) is 12.4. The van der Waals surface area contributed by atoms with Crippen LogP contribution in [-0.4, -0.2) is 5.11 Å². The summed E-state index contributed by atoms with van der Waals surface area (Å²) in [5, 5.41) is 15.4. The van der Waals surface area contributed by atoms with Gasteiger partial charge in [-0.1, -0.05) is 54.6 Å². The van der Waals surface area contributed by atoms with Crippen molar-refractivity contribution in [2.75, 3.05) is 0 Å². The highest BCUT2D eigenvalue weighted by atomic mass is 16.3. The first-order chi connectivity index (χ1) is 10.2. The van der Waals surface area contributed by atoms with Gasteiger partial charge in [0.2, 0.25) is 0 Å². The van der Waals surface area contributed by atoms with E-state index in [4.69, 9.17) is 0 Å². The molecule has 3 aromatic rings.